The first-order valence-electron chi connectivity index (χ1n) is 5.87. The van der Waals surface area contributed by atoms with Crippen LogP contribution in [0.4, 0.5) is 0 Å². The van der Waals surface area contributed by atoms with Gasteiger partial charge in [0.2, 0.25) is 0 Å². The molecule has 2 N–H and O–H groups in total. The smallest absolute Gasteiger partial charge is 0.267 e. The van der Waals surface area contributed by atoms with Crippen molar-refractivity contribution in [3.63, 3.8) is 0 Å². The largest absolute Gasteiger partial charge is 0.311 e. The van der Waals surface area contributed by atoms with E-state index in [-0.39, 0.29) is 5.56 Å². The van der Waals surface area contributed by atoms with E-state index in [0.29, 0.717) is 0 Å². The summed E-state index contributed by atoms with van der Waals surface area (Å²) in [6.45, 7) is 3.69. The van der Waals surface area contributed by atoms with Crippen molar-refractivity contribution >= 4 is 0 Å². The van der Waals surface area contributed by atoms with Crippen LogP contribution in [0.25, 0.3) is 5.69 Å². The van der Waals surface area contributed by atoms with Crippen LogP contribution in [-0.4, -0.2) is 16.3 Å². The van der Waals surface area contributed by atoms with E-state index in [1.54, 1.807) is 0 Å². The summed E-state index contributed by atoms with van der Waals surface area (Å²) in [6, 6.07) is 8.07. The Morgan fingerprint density at radius 2 is 2.12 bits per heavy atom. The second-order valence-electron chi connectivity index (χ2n) is 4.41. The van der Waals surface area contributed by atoms with Gasteiger partial charge in [0.1, 0.15) is 0 Å². The fraction of sp³-hybridized carbons (Fsp3) is 0.308. The van der Waals surface area contributed by atoms with Gasteiger partial charge in [0, 0.05) is 12.1 Å². The molecule has 0 radical (unpaired) electrons. The summed E-state index contributed by atoms with van der Waals surface area (Å²) < 4.78 is 1.92. The van der Waals surface area contributed by atoms with Gasteiger partial charge in [-0.05, 0) is 31.5 Å². The first-order valence-corrected chi connectivity index (χ1v) is 5.87. The highest BCUT2D eigenvalue weighted by molar-refractivity contribution is 5.42. The van der Waals surface area contributed by atoms with E-state index >= 15 is 0 Å². The summed E-state index contributed by atoms with van der Waals surface area (Å²) in [6.07, 6.45) is 0.809. The van der Waals surface area contributed by atoms with Crippen molar-refractivity contribution in [1.29, 1.82) is 0 Å². The van der Waals surface area contributed by atoms with Crippen molar-refractivity contribution < 1.29 is 0 Å². The van der Waals surface area contributed by atoms with Gasteiger partial charge in [0.25, 0.3) is 5.56 Å². The molecule has 17 heavy (non-hydrogen) atoms. The Kier molecular flexibility index (Phi) is 2.37. The minimum Gasteiger partial charge on any atom is -0.311 e. The molecule has 88 valence electrons. The van der Waals surface area contributed by atoms with Crippen molar-refractivity contribution in [2.24, 2.45) is 0 Å². The van der Waals surface area contributed by atoms with Gasteiger partial charge in [-0.2, -0.15) is 0 Å². The maximum atomic E-state index is 11.9. The van der Waals surface area contributed by atoms with Crippen LogP contribution in [0.15, 0.2) is 29.1 Å². The average Bonchev–Trinajstić information content (AvgIpc) is 2.68. The van der Waals surface area contributed by atoms with Gasteiger partial charge < -0.3 is 5.32 Å². The topological polar surface area (TPSA) is 49.8 Å². The van der Waals surface area contributed by atoms with E-state index in [2.05, 4.69) is 23.4 Å². The van der Waals surface area contributed by atoms with E-state index in [1.165, 1.54) is 0 Å². The van der Waals surface area contributed by atoms with E-state index in [1.807, 2.05) is 22.9 Å². The molecule has 1 aliphatic heterocycles. The van der Waals surface area contributed by atoms with Crippen molar-refractivity contribution in [1.82, 2.24) is 15.1 Å². The second kappa shape index (κ2) is 3.89. The lowest BCUT2D eigenvalue weighted by molar-refractivity contribution is 0.613. The Labute approximate surface area is 99.3 Å². The zero-order valence-electron chi connectivity index (χ0n) is 9.79. The lowest BCUT2D eigenvalue weighted by Crippen LogP contribution is -2.26. The predicted molar refractivity (Wildman–Crippen MR) is 66.5 cm³/mol. The number of nitrogens with zero attached hydrogens (tertiary/aromatic N) is 1. The number of H-pyrrole nitrogens is 1. The van der Waals surface area contributed by atoms with Gasteiger partial charge in [-0.15, -0.1) is 0 Å². The zero-order chi connectivity index (χ0) is 11.8. The number of nitrogens with one attached hydrogen (secondary N) is 2. The predicted octanol–water partition coefficient (Wildman–Crippen LogP) is 1.12. The number of hydrogen-bond acceptors (Lipinski definition) is 2. The highest BCUT2D eigenvalue weighted by Gasteiger charge is 2.19. The molecule has 0 saturated carbocycles. The Balaban J connectivity index is 2.22. The van der Waals surface area contributed by atoms with Crippen LogP contribution in [0.5, 0.6) is 0 Å². The number of hydrogen-bond donors (Lipinski definition) is 2. The molecular weight excluding hydrogens is 214 g/mol. The van der Waals surface area contributed by atoms with Crippen molar-refractivity contribution in [2.45, 2.75) is 19.9 Å². The Hall–Kier alpha value is -1.81. The van der Waals surface area contributed by atoms with Crippen molar-refractivity contribution in [3.8, 4) is 5.69 Å². The first kappa shape index (κ1) is 10.4. The molecule has 2 heterocycles. The van der Waals surface area contributed by atoms with Crippen LogP contribution in [0.2, 0.25) is 0 Å². The third-order valence-corrected chi connectivity index (χ3v) is 3.31. The molecule has 1 aromatic carbocycles. The van der Waals surface area contributed by atoms with Gasteiger partial charge in [0.15, 0.2) is 0 Å². The molecule has 0 aliphatic carbocycles. The fourth-order valence-corrected chi connectivity index (χ4v) is 2.39. The highest BCUT2D eigenvalue weighted by atomic mass is 16.1. The maximum Gasteiger partial charge on any atom is 0.267 e. The van der Waals surface area contributed by atoms with Crippen LogP contribution >= 0.6 is 0 Å². The van der Waals surface area contributed by atoms with Crippen molar-refractivity contribution in [2.75, 3.05) is 6.54 Å². The van der Waals surface area contributed by atoms with Crippen LogP contribution in [0.3, 0.4) is 0 Å². The van der Waals surface area contributed by atoms with Crippen LogP contribution in [0.1, 0.15) is 16.8 Å². The highest BCUT2D eigenvalue weighted by Crippen LogP contribution is 2.17. The number of aromatic nitrogens is 2. The SMILES string of the molecule is Cc1ccccc1-n1[nH]c(=O)c2c1CNCC2. The quantitative estimate of drug-likeness (QED) is 0.770. The summed E-state index contributed by atoms with van der Waals surface area (Å²) in [5, 5.41) is 6.24. The number of para-hydroxylation sites is 1. The molecule has 0 bridgehead atoms. The summed E-state index contributed by atoms with van der Waals surface area (Å²) in [4.78, 5) is 11.9. The first-order chi connectivity index (χ1) is 8.27. The fourth-order valence-electron chi connectivity index (χ4n) is 2.39. The Morgan fingerprint density at radius 3 is 2.94 bits per heavy atom. The second-order valence-corrected chi connectivity index (χ2v) is 4.41. The summed E-state index contributed by atoms with van der Waals surface area (Å²) in [7, 11) is 0. The summed E-state index contributed by atoms with van der Waals surface area (Å²) in [5.74, 6) is 0. The van der Waals surface area contributed by atoms with Crippen LogP contribution < -0.4 is 10.9 Å². The van der Waals surface area contributed by atoms with Crippen LogP contribution in [-0.2, 0) is 13.0 Å². The zero-order valence-corrected chi connectivity index (χ0v) is 9.79. The number of fused-ring (bicyclic) bond motifs is 1. The molecule has 1 aliphatic rings. The molecular formula is C13H15N3O. The van der Waals surface area contributed by atoms with Crippen LogP contribution in [0, 0.1) is 6.92 Å². The molecule has 0 unspecified atom stereocenters. The van der Waals surface area contributed by atoms with E-state index < -0.39 is 0 Å². The van der Waals surface area contributed by atoms with Gasteiger partial charge in [-0.1, -0.05) is 18.2 Å². The normalized spacial score (nSPS) is 14.6. The number of benzene rings is 1. The minimum atomic E-state index is 0.0461. The molecule has 1 aromatic heterocycles. The third-order valence-electron chi connectivity index (χ3n) is 3.31. The molecule has 0 saturated heterocycles. The van der Waals surface area contributed by atoms with Crippen molar-refractivity contribution in [3.05, 3.63) is 51.4 Å². The molecule has 0 spiro atoms. The molecule has 0 atom stereocenters. The molecule has 0 fully saturated rings. The molecule has 0 amide bonds. The van der Waals surface area contributed by atoms with Gasteiger partial charge in [-0.3, -0.25) is 14.6 Å². The number of rotatable bonds is 1. The van der Waals surface area contributed by atoms with E-state index in [9.17, 15) is 4.79 Å². The molecule has 2 aromatic rings. The summed E-state index contributed by atoms with van der Waals surface area (Å²) >= 11 is 0. The summed E-state index contributed by atoms with van der Waals surface area (Å²) in [5.41, 5.74) is 4.24. The molecule has 4 heteroatoms. The Morgan fingerprint density at radius 1 is 1.29 bits per heavy atom. The monoisotopic (exact) mass is 229 g/mol. The van der Waals surface area contributed by atoms with Gasteiger partial charge in [-0.25, -0.2) is 0 Å². The lowest BCUT2D eigenvalue weighted by Gasteiger charge is -2.16. The van der Waals surface area contributed by atoms with E-state index in [4.69, 9.17) is 0 Å². The molecule has 4 nitrogen and oxygen atoms in total. The van der Waals surface area contributed by atoms with E-state index in [0.717, 1.165) is 42.0 Å². The Bertz CT molecular complexity index is 609. The standard InChI is InChI=1S/C13H15N3O/c1-9-4-2-3-5-11(9)16-12-8-14-7-6-10(12)13(17)15-16/h2-5,14H,6-8H2,1H3,(H,15,17). The lowest BCUT2D eigenvalue weighted by atomic mass is 10.1. The van der Waals surface area contributed by atoms with Gasteiger partial charge in [0.05, 0.1) is 11.4 Å². The molecule has 3 rings (SSSR count). The van der Waals surface area contributed by atoms with Gasteiger partial charge >= 0.3 is 0 Å². The third kappa shape index (κ3) is 1.61. The number of aryl methyl sites for hydroxylation is 1. The maximum absolute atomic E-state index is 11.9. The average molecular weight is 229 g/mol. The number of aromatic amines is 1. The minimum absolute atomic E-state index is 0.0461.